The molecule has 1 aliphatic heterocycles. The van der Waals surface area contributed by atoms with Crippen molar-refractivity contribution in [1.82, 2.24) is 0 Å². The Balaban J connectivity index is 1.77. The summed E-state index contributed by atoms with van der Waals surface area (Å²) in [5, 5.41) is 21.6. The van der Waals surface area contributed by atoms with Crippen molar-refractivity contribution in [2.45, 2.75) is 57.8 Å². The molecule has 4 rings (SSSR count). The first kappa shape index (κ1) is 19.5. The summed E-state index contributed by atoms with van der Waals surface area (Å²) in [5.41, 5.74) is -0.428. The second-order valence-corrected chi connectivity index (χ2v) is 9.14. The lowest BCUT2D eigenvalue weighted by atomic mass is 9.42. The summed E-state index contributed by atoms with van der Waals surface area (Å²) in [5.74, 6) is -2.00. The van der Waals surface area contributed by atoms with Crippen LogP contribution >= 0.6 is 0 Å². The monoisotopic (exact) mass is 392 g/mol. The van der Waals surface area contributed by atoms with Gasteiger partial charge in [0.05, 0.1) is 43.7 Å². The maximum absolute atomic E-state index is 12.9. The molecule has 3 fully saturated rings. The van der Waals surface area contributed by atoms with Crippen molar-refractivity contribution in [3.8, 4) is 0 Å². The topological polar surface area (TPSA) is 106 Å². The standard InChI is InChI=1S/C21H28O7/c1-20-6-4-12-19(25)28-15(11-5-7-27-10-11)9-21(12,2)17(20)16(23)14(22)8-13(20)18(24)26-3/h5,7,10,12-17,22-23H,4,6,8-9H2,1-3H3/t12-,13-,14-,15-,16+,17-,20-,21-/m0/s1. The molecule has 7 heteroatoms. The number of hydrogen-bond donors (Lipinski definition) is 2. The van der Waals surface area contributed by atoms with Crippen molar-refractivity contribution in [2.75, 3.05) is 7.11 Å². The molecule has 8 atom stereocenters. The summed E-state index contributed by atoms with van der Waals surface area (Å²) in [4.78, 5) is 25.4. The SMILES string of the molecule is COC(=O)[C@@H]1C[C@H](O)[C@@H](O)[C@H]2[C@@]1(C)CC[C@H]1C(=O)O[C@H](c3ccoc3)C[C@]21C. The van der Waals surface area contributed by atoms with Crippen LogP contribution < -0.4 is 0 Å². The number of aliphatic hydroxyl groups is 2. The second kappa shape index (κ2) is 6.59. The smallest absolute Gasteiger partial charge is 0.310 e. The Hall–Kier alpha value is -1.86. The summed E-state index contributed by atoms with van der Waals surface area (Å²) in [6.07, 6.45) is 2.40. The molecule has 1 aromatic rings. The molecule has 0 bridgehead atoms. The van der Waals surface area contributed by atoms with Gasteiger partial charge in [-0.1, -0.05) is 13.8 Å². The summed E-state index contributed by atoms with van der Waals surface area (Å²) in [7, 11) is 1.35. The van der Waals surface area contributed by atoms with E-state index in [1.807, 2.05) is 13.8 Å². The van der Waals surface area contributed by atoms with Crippen LogP contribution in [0.4, 0.5) is 0 Å². The van der Waals surface area contributed by atoms with Crippen LogP contribution in [0.1, 0.15) is 51.2 Å². The Morgan fingerprint density at radius 3 is 2.68 bits per heavy atom. The molecule has 154 valence electrons. The van der Waals surface area contributed by atoms with Gasteiger partial charge in [-0.2, -0.15) is 0 Å². The van der Waals surface area contributed by atoms with Crippen molar-refractivity contribution in [3.63, 3.8) is 0 Å². The number of rotatable bonds is 2. The molecule has 0 aromatic carbocycles. The van der Waals surface area contributed by atoms with Gasteiger partial charge in [0.15, 0.2) is 0 Å². The average molecular weight is 392 g/mol. The number of carbonyl (C=O) groups excluding carboxylic acids is 2. The molecule has 3 aliphatic rings. The molecule has 2 aliphatic carbocycles. The number of furan rings is 1. The highest BCUT2D eigenvalue weighted by Gasteiger charge is 2.66. The third-order valence-electron chi connectivity index (χ3n) is 7.77. The quantitative estimate of drug-likeness (QED) is 0.743. The Bertz CT molecular complexity index is 759. The van der Waals surface area contributed by atoms with Crippen LogP contribution in [0.15, 0.2) is 23.0 Å². The van der Waals surface area contributed by atoms with E-state index in [0.29, 0.717) is 19.3 Å². The molecule has 7 nitrogen and oxygen atoms in total. The van der Waals surface area contributed by atoms with Gasteiger partial charge in [0.2, 0.25) is 0 Å². The fraction of sp³-hybridized carbons (Fsp3) is 0.714. The largest absolute Gasteiger partial charge is 0.472 e. The van der Waals surface area contributed by atoms with Gasteiger partial charge in [-0.3, -0.25) is 9.59 Å². The fourth-order valence-electron chi connectivity index (χ4n) is 6.43. The van der Waals surface area contributed by atoms with Crippen molar-refractivity contribution in [2.24, 2.45) is 28.6 Å². The van der Waals surface area contributed by atoms with Crippen molar-refractivity contribution in [1.29, 1.82) is 0 Å². The molecule has 2 saturated carbocycles. The lowest BCUT2D eigenvalue weighted by Crippen LogP contribution is -2.65. The van der Waals surface area contributed by atoms with Gasteiger partial charge in [-0.05, 0) is 48.5 Å². The Kier molecular flexibility index (Phi) is 4.58. The van der Waals surface area contributed by atoms with Crippen LogP contribution in [0, 0.1) is 28.6 Å². The van der Waals surface area contributed by atoms with Crippen LogP contribution in [0.3, 0.4) is 0 Å². The van der Waals surface area contributed by atoms with E-state index in [9.17, 15) is 19.8 Å². The van der Waals surface area contributed by atoms with E-state index in [0.717, 1.165) is 5.56 Å². The van der Waals surface area contributed by atoms with Gasteiger partial charge in [-0.25, -0.2) is 0 Å². The zero-order chi connectivity index (χ0) is 20.3. The van der Waals surface area contributed by atoms with Gasteiger partial charge in [0, 0.05) is 5.56 Å². The number of cyclic esters (lactones) is 1. The van der Waals surface area contributed by atoms with Crippen molar-refractivity contribution >= 4 is 11.9 Å². The Morgan fingerprint density at radius 1 is 1.29 bits per heavy atom. The molecule has 0 spiro atoms. The molecule has 2 heterocycles. The van der Waals surface area contributed by atoms with Crippen LogP contribution in [0.5, 0.6) is 0 Å². The van der Waals surface area contributed by atoms with Gasteiger partial charge >= 0.3 is 11.9 Å². The maximum atomic E-state index is 12.9. The number of esters is 2. The first-order chi connectivity index (χ1) is 13.2. The fourth-order valence-corrected chi connectivity index (χ4v) is 6.43. The third-order valence-corrected chi connectivity index (χ3v) is 7.77. The van der Waals surface area contributed by atoms with Gasteiger partial charge in [0.25, 0.3) is 0 Å². The number of aliphatic hydroxyl groups excluding tert-OH is 2. The predicted molar refractivity (Wildman–Crippen MR) is 96.7 cm³/mol. The highest BCUT2D eigenvalue weighted by atomic mass is 16.5. The van der Waals surface area contributed by atoms with E-state index in [-0.39, 0.29) is 24.3 Å². The summed E-state index contributed by atoms with van der Waals surface area (Å²) in [6.45, 7) is 3.98. The van der Waals surface area contributed by atoms with Crippen LogP contribution in [-0.4, -0.2) is 41.5 Å². The minimum Gasteiger partial charge on any atom is -0.472 e. The molecule has 1 saturated heterocycles. The molecular formula is C21H28O7. The van der Waals surface area contributed by atoms with Crippen LogP contribution in [0.2, 0.25) is 0 Å². The predicted octanol–water partition coefficient (Wildman–Crippen LogP) is 2.22. The Labute approximate surface area is 164 Å². The van der Waals surface area contributed by atoms with Gasteiger partial charge in [0.1, 0.15) is 6.10 Å². The molecule has 0 unspecified atom stereocenters. The van der Waals surface area contributed by atoms with E-state index >= 15 is 0 Å². The number of ether oxygens (including phenoxy) is 2. The zero-order valence-electron chi connectivity index (χ0n) is 16.5. The lowest BCUT2D eigenvalue weighted by molar-refractivity contribution is -0.236. The average Bonchev–Trinajstić information content (AvgIpc) is 3.18. The first-order valence-electron chi connectivity index (χ1n) is 9.89. The lowest BCUT2D eigenvalue weighted by Gasteiger charge is -2.63. The highest BCUT2D eigenvalue weighted by Crippen LogP contribution is 2.65. The number of carbonyl (C=O) groups is 2. The molecule has 1 aromatic heterocycles. The minimum atomic E-state index is -1.04. The van der Waals surface area contributed by atoms with E-state index in [1.165, 1.54) is 13.4 Å². The second-order valence-electron chi connectivity index (χ2n) is 9.14. The summed E-state index contributed by atoms with van der Waals surface area (Å²) in [6, 6.07) is 1.77. The van der Waals surface area contributed by atoms with E-state index < -0.39 is 41.0 Å². The number of hydrogen-bond acceptors (Lipinski definition) is 7. The van der Waals surface area contributed by atoms with Crippen LogP contribution in [0.25, 0.3) is 0 Å². The normalized spacial score (nSPS) is 45.5. The van der Waals surface area contributed by atoms with Crippen molar-refractivity contribution < 1.29 is 33.7 Å². The third kappa shape index (κ3) is 2.63. The molecule has 2 N–H and O–H groups in total. The summed E-state index contributed by atoms with van der Waals surface area (Å²) >= 11 is 0. The van der Waals surface area contributed by atoms with E-state index in [2.05, 4.69) is 0 Å². The summed E-state index contributed by atoms with van der Waals surface area (Å²) < 4.78 is 15.9. The molecule has 28 heavy (non-hydrogen) atoms. The van der Waals surface area contributed by atoms with Crippen molar-refractivity contribution in [3.05, 3.63) is 24.2 Å². The van der Waals surface area contributed by atoms with E-state index in [1.54, 1.807) is 12.3 Å². The van der Waals surface area contributed by atoms with Gasteiger partial charge < -0.3 is 24.1 Å². The van der Waals surface area contributed by atoms with Crippen LogP contribution in [-0.2, 0) is 19.1 Å². The number of fused-ring (bicyclic) bond motifs is 3. The first-order valence-corrected chi connectivity index (χ1v) is 9.89. The Morgan fingerprint density at radius 2 is 2.04 bits per heavy atom. The van der Waals surface area contributed by atoms with E-state index in [4.69, 9.17) is 13.9 Å². The minimum absolute atomic E-state index is 0.164. The molecule has 0 radical (unpaired) electrons. The number of methoxy groups -OCH3 is 1. The highest BCUT2D eigenvalue weighted by molar-refractivity contribution is 5.76. The maximum Gasteiger partial charge on any atom is 0.310 e. The molecule has 0 amide bonds. The van der Waals surface area contributed by atoms with Gasteiger partial charge in [-0.15, -0.1) is 0 Å². The molecular weight excluding hydrogens is 364 g/mol. The zero-order valence-corrected chi connectivity index (χ0v) is 16.5.